The first-order valence-electron chi connectivity index (χ1n) is 5.50. The molecule has 84 valence electrons. The average Bonchev–Trinajstić information content (AvgIpc) is 2.76. The number of hydrogen-bond acceptors (Lipinski definition) is 4. The van der Waals surface area contributed by atoms with E-state index in [4.69, 9.17) is 0 Å². The average molecular weight is 244 g/mol. The van der Waals surface area contributed by atoms with Crippen LogP contribution in [0.3, 0.4) is 0 Å². The summed E-state index contributed by atoms with van der Waals surface area (Å²) in [7, 11) is 0. The minimum absolute atomic E-state index is 0.425. The van der Waals surface area contributed by atoms with Crippen molar-refractivity contribution < 1.29 is 9.59 Å². The van der Waals surface area contributed by atoms with Crippen LogP contribution in [0.4, 0.5) is 0 Å². The van der Waals surface area contributed by atoms with Gasteiger partial charge >= 0.3 is 0 Å². The van der Waals surface area contributed by atoms with Gasteiger partial charge in [0.1, 0.15) is 11.6 Å². The summed E-state index contributed by atoms with van der Waals surface area (Å²) in [4.78, 5) is 22.1. The van der Waals surface area contributed by atoms with Gasteiger partial charge in [-0.25, -0.2) is 0 Å². The second-order valence-electron chi connectivity index (χ2n) is 4.26. The first-order chi connectivity index (χ1) is 7.24. The fourth-order valence-corrected chi connectivity index (χ4v) is 5.11. The van der Waals surface area contributed by atoms with Gasteiger partial charge in [0, 0.05) is 41.3 Å². The van der Waals surface area contributed by atoms with Gasteiger partial charge < -0.3 is 0 Å². The molecular formula is C11H16O2S2. The van der Waals surface area contributed by atoms with Crippen molar-refractivity contribution in [2.45, 2.75) is 49.0 Å². The SMILES string of the molecule is O=C1CCC(SCSC2CCC(=O)C2)C1. The quantitative estimate of drug-likeness (QED) is 0.712. The van der Waals surface area contributed by atoms with Crippen LogP contribution < -0.4 is 0 Å². The maximum Gasteiger partial charge on any atom is 0.134 e. The number of Topliss-reactive ketones (excluding diaryl/α,β-unsaturated/α-hetero) is 2. The largest absolute Gasteiger partial charge is 0.300 e. The van der Waals surface area contributed by atoms with Crippen molar-refractivity contribution in [3.8, 4) is 0 Å². The van der Waals surface area contributed by atoms with Gasteiger partial charge in [0.05, 0.1) is 0 Å². The molecule has 2 aliphatic carbocycles. The van der Waals surface area contributed by atoms with Gasteiger partial charge in [0.2, 0.25) is 0 Å². The summed E-state index contributed by atoms with van der Waals surface area (Å²) < 4.78 is 0. The Morgan fingerprint density at radius 1 is 0.933 bits per heavy atom. The van der Waals surface area contributed by atoms with Crippen molar-refractivity contribution in [1.29, 1.82) is 0 Å². The van der Waals surface area contributed by atoms with Crippen molar-refractivity contribution in [3.05, 3.63) is 0 Å². The molecule has 4 heteroatoms. The van der Waals surface area contributed by atoms with Gasteiger partial charge in [-0.2, -0.15) is 0 Å². The van der Waals surface area contributed by atoms with Crippen LogP contribution >= 0.6 is 23.5 Å². The van der Waals surface area contributed by atoms with Crippen LogP contribution in [-0.4, -0.2) is 27.2 Å². The number of carbonyl (C=O) groups is 2. The highest BCUT2D eigenvalue weighted by molar-refractivity contribution is 8.16. The molecule has 15 heavy (non-hydrogen) atoms. The van der Waals surface area contributed by atoms with E-state index < -0.39 is 0 Å². The van der Waals surface area contributed by atoms with E-state index in [0.29, 0.717) is 22.1 Å². The summed E-state index contributed by atoms with van der Waals surface area (Å²) in [6.45, 7) is 0. The highest BCUT2D eigenvalue weighted by atomic mass is 32.2. The monoisotopic (exact) mass is 244 g/mol. The molecule has 0 spiro atoms. The molecule has 0 bridgehead atoms. The van der Waals surface area contributed by atoms with E-state index in [-0.39, 0.29) is 0 Å². The van der Waals surface area contributed by atoms with Crippen LogP contribution in [0, 0.1) is 0 Å². The highest BCUT2D eigenvalue weighted by Gasteiger charge is 2.25. The van der Waals surface area contributed by atoms with Gasteiger partial charge in [0.15, 0.2) is 0 Å². The van der Waals surface area contributed by atoms with Crippen molar-refractivity contribution in [1.82, 2.24) is 0 Å². The molecule has 2 nitrogen and oxygen atoms in total. The Kier molecular flexibility index (Phi) is 4.14. The molecule has 0 radical (unpaired) electrons. The lowest BCUT2D eigenvalue weighted by Gasteiger charge is -2.10. The third kappa shape index (κ3) is 3.52. The van der Waals surface area contributed by atoms with Crippen molar-refractivity contribution in [2.24, 2.45) is 0 Å². The van der Waals surface area contributed by atoms with E-state index in [1.807, 2.05) is 23.5 Å². The van der Waals surface area contributed by atoms with Crippen molar-refractivity contribution >= 4 is 35.1 Å². The number of carbonyl (C=O) groups excluding carboxylic acids is 2. The predicted octanol–water partition coefficient (Wildman–Crippen LogP) is 2.65. The number of rotatable bonds is 4. The lowest BCUT2D eigenvalue weighted by Crippen LogP contribution is -2.00. The highest BCUT2D eigenvalue weighted by Crippen LogP contribution is 2.34. The Morgan fingerprint density at radius 2 is 1.40 bits per heavy atom. The van der Waals surface area contributed by atoms with Gasteiger partial charge in [-0.1, -0.05) is 0 Å². The molecule has 0 N–H and O–H groups in total. The molecule has 0 aromatic rings. The zero-order valence-corrected chi connectivity index (χ0v) is 10.4. The summed E-state index contributed by atoms with van der Waals surface area (Å²) in [6.07, 6.45) is 5.24. The van der Waals surface area contributed by atoms with Crippen LogP contribution in [0.25, 0.3) is 0 Å². The molecular weight excluding hydrogens is 228 g/mol. The summed E-state index contributed by atoms with van der Waals surface area (Å²) in [6, 6.07) is 0. The molecule has 2 saturated carbocycles. The topological polar surface area (TPSA) is 34.1 Å². The standard InChI is InChI=1S/C11H16O2S2/c12-8-1-3-10(5-8)14-7-15-11-4-2-9(13)6-11/h10-11H,1-7H2. The first kappa shape index (κ1) is 11.5. The van der Waals surface area contributed by atoms with E-state index in [1.165, 1.54) is 0 Å². The molecule has 2 atom stereocenters. The number of hydrogen-bond donors (Lipinski definition) is 0. The molecule has 2 unspecified atom stereocenters. The molecule has 2 aliphatic rings. The number of ketones is 2. The Hall–Kier alpha value is 0.0400. The van der Waals surface area contributed by atoms with Gasteiger partial charge in [-0.05, 0) is 12.8 Å². The summed E-state index contributed by atoms with van der Waals surface area (Å²) in [5, 5.41) is 2.17. The molecule has 0 heterocycles. The molecule has 0 aromatic carbocycles. The van der Waals surface area contributed by atoms with Crippen LogP contribution in [0.2, 0.25) is 0 Å². The van der Waals surface area contributed by atoms with Crippen molar-refractivity contribution in [2.75, 3.05) is 5.08 Å². The Labute approximate surface area is 98.9 Å². The van der Waals surface area contributed by atoms with E-state index in [0.717, 1.165) is 43.6 Å². The fraction of sp³-hybridized carbons (Fsp3) is 0.818. The second kappa shape index (κ2) is 5.39. The Balaban J connectivity index is 1.59. The van der Waals surface area contributed by atoms with Crippen LogP contribution in [-0.2, 0) is 9.59 Å². The lowest BCUT2D eigenvalue weighted by molar-refractivity contribution is -0.118. The third-order valence-electron chi connectivity index (χ3n) is 3.01. The van der Waals surface area contributed by atoms with Crippen LogP contribution in [0.5, 0.6) is 0 Å². The van der Waals surface area contributed by atoms with Gasteiger partial charge in [0.25, 0.3) is 0 Å². The predicted molar refractivity (Wildman–Crippen MR) is 65.3 cm³/mol. The lowest BCUT2D eigenvalue weighted by atomic mass is 10.4. The minimum atomic E-state index is 0.425. The van der Waals surface area contributed by atoms with E-state index in [2.05, 4.69) is 0 Å². The summed E-state index contributed by atoms with van der Waals surface area (Å²) >= 11 is 3.81. The van der Waals surface area contributed by atoms with Crippen LogP contribution in [0.15, 0.2) is 0 Å². The molecule has 2 rings (SSSR count). The molecule has 0 saturated heterocycles. The molecule has 0 aliphatic heterocycles. The normalized spacial score (nSPS) is 31.5. The third-order valence-corrected chi connectivity index (χ3v) is 5.84. The van der Waals surface area contributed by atoms with Gasteiger partial charge in [-0.3, -0.25) is 9.59 Å². The zero-order chi connectivity index (χ0) is 10.7. The summed E-state index contributed by atoms with van der Waals surface area (Å²) in [5.74, 6) is 0.849. The molecule has 0 amide bonds. The summed E-state index contributed by atoms with van der Waals surface area (Å²) in [5.41, 5.74) is 0. The zero-order valence-electron chi connectivity index (χ0n) is 8.74. The smallest absolute Gasteiger partial charge is 0.134 e. The molecule has 2 fully saturated rings. The Bertz CT molecular complexity index is 239. The first-order valence-corrected chi connectivity index (χ1v) is 7.60. The maximum atomic E-state index is 11.1. The molecule has 0 aromatic heterocycles. The number of thioether (sulfide) groups is 2. The minimum Gasteiger partial charge on any atom is -0.300 e. The Morgan fingerprint density at radius 3 is 1.73 bits per heavy atom. The van der Waals surface area contributed by atoms with Crippen LogP contribution in [0.1, 0.15) is 38.5 Å². The fourth-order valence-electron chi connectivity index (χ4n) is 2.08. The second-order valence-corrected chi connectivity index (χ2v) is 7.20. The van der Waals surface area contributed by atoms with Gasteiger partial charge in [-0.15, -0.1) is 23.5 Å². The maximum absolute atomic E-state index is 11.1. The van der Waals surface area contributed by atoms with E-state index >= 15 is 0 Å². The van der Waals surface area contributed by atoms with E-state index in [9.17, 15) is 9.59 Å². The van der Waals surface area contributed by atoms with E-state index in [1.54, 1.807) is 0 Å². The van der Waals surface area contributed by atoms with Crippen molar-refractivity contribution in [3.63, 3.8) is 0 Å².